The third kappa shape index (κ3) is 2.13. The second-order valence-corrected chi connectivity index (χ2v) is 4.75. The van der Waals surface area contributed by atoms with Crippen molar-refractivity contribution < 1.29 is 4.39 Å². The van der Waals surface area contributed by atoms with Crippen molar-refractivity contribution in [3.63, 3.8) is 0 Å². The van der Waals surface area contributed by atoms with E-state index in [1.165, 1.54) is 17.3 Å². The fourth-order valence-corrected chi connectivity index (χ4v) is 2.82. The van der Waals surface area contributed by atoms with Gasteiger partial charge < -0.3 is 10.3 Å². The Balaban J connectivity index is 0.00000120. The summed E-state index contributed by atoms with van der Waals surface area (Å²) in [6, 6.07) is 5.41. The Kier molecular flexibility index (Phi) is 3.93. The van der Waals surface area contributed by atoms with Gasteiger partial charge in [0.25, 0.3) is 0 Å². The first-order valence-corrected chi connectivity index (χ1v) is 6.33. The van der Waals surface area contributed by atoms with E-state index in [0.717, 1.165) is 36.7 Å². The molecule has 1 aromatic carbocycles. The highest BCUT2D eigenvalue weighted by Gasteiger charge is 2.23. The molecule has 0 radical (unpaired) electrons. The van der Waals surface area contributed by atoms with E-state index in [0.29, 0.717) is 6.04 Å². The zero-order valence-corrected chi connectivity index (χ0v) is 11.2. The average Bonchev–Trinajstić information content (AvgIpc) is 2.69. The van der Waals surface area contributed by atoms with E-state index in [9.17, 15) is 4.39 Å². The summed E-state index contributed by atoms with van der Waals surface area (Å²) < 4.78 is 13.3. The number of rotatable bonds is 2. The summed E-state index contributed by atoms with van der Waals surface area (Å²) in [7, 11) is 0. The van der Waals surface area contributed by atoms with Gasteiger partial charge in [0, 0.05) is 22.6 Å². The number of halogens is 2. The highest BCUT2D eigenvalue weighted by Crippen LogP contribution is 2.32. The number of hydrogen-bond acceptors (Lipinski definition) is 1. The first-order valence-electron chi connectivity index (χ1n) is 6.33. The normalized spacial score (nSPS) is 18.4. The summed E-state index contributed by atoms with van der Waals surface area (Å²) in [6.07, 6.45) is 3.27. The predicted octanol–water partition coefficient (Wildman–Crippen LogP) is 3.72. The summed E-state index contributed by atoms with van der Waals surface area (Å²) in [4.78, 5) is 3.45. The van der Waals surface area contributed by atoms with Gasteiger partial charge in [-0.1, -0.05) is 13.3 Å². The molecule has 1 aliphatic rings. The summed E-state index contributed by atoms with van der Waals surface area (Å²) >= 11 is 0. The van der Waals surface area contributed by atoms with Crippen LogP contribution in [0.15, 0.2) is 18.2 Å². The number of nitrogens with one attached hydrogen (secondary N) is 2. The van der Waals surface area contributed by atoms with Gasteiger partial charge in [0.15, 0.2) is 0 Å². The van der Waals surface area contributed by atoms with Gasteiger partial charge >= 0.3 is 0 Å². The van der Waals surface area contributed by atoms with Gasteiger partial charge in [0.1, 0.15) is 5.82 Å². The summed E-state index contributed by atoms with van der Waals surface area (Å²) in [5.41, 5.74) is 3.62. The van der Waals surface area contributed by atoms with Crippen molar-refractivity contribution in [3.05, 3.63) is 35.3 Å². The van der Waals surface area contributed by atoms with E-state index in [-0.39, 0.29) is 18.2 Å². The molecule has 18 heavy (non-hydrogen) atoms. The number of hydrogen-bond donors (Lipinski definition) is 2. The van der Waals surface area contributed by atoms with Crippen LogP contribution in [0.5, 0.6) is 0 Å². The highest BCUT2D eigenvalue weighted by atomic mass is 35.5. The van der Waals surface area contributed by atoms with Crippen molar-refractivity contribution in [1.82, 2.24) is 10.3 Å². The summed E-state index contributed by atoms with van der Waals surface area (Å²) in [5, 5.41) is 4.58. The molecule has 98 valence electrons. The van der Waals surface area contributed by atoms with Crippen molar-refractivity contribution in [1.29, 1.82) is 0 Å². The first kappa shape index (κ1) is 13.4. The maximum Gasteiger partial charge on any atom is 0.123 e. The second-order valence-electron chi connectivity index (χ2n) is 4.75. The molecule has 3 rings (SSSR count). The first-order chi connectivity index (χ1) is 8.29. The lowest BCUT2D eigenvalue weighted by Crippen LogP contribution is -2.29. The SMILES string of the molecule is CCCC1NCCc2c1[nH]c1ccc(F)cc21.Cl. The van der Waals surface area contributed by atoms with Gasteiger partial charge in [-0.3, -0.25) is 0 Å². The fourth-order valence-electron chi connectivity index (χ4n) is 2.82. The van der Waals surface area contributed by atoms with Gasteiger partial charge in [-0.2, -0.15) is 0 Å². The fraction of sp³-hybridized carbons (Fsp3) is 0.429. The Morgan fingerprint density at radius 1 is 1.39 bits per heavy atom. The van der Waals surface area contributed by atoms with Crippen molar-refractivity contribution in [3.8, 4) is 0 Å². The van der Waals surface area contributed by atoms with Crippen LogP contribution in [-0.4, -0.2) is 11.5 Å². The minimum Gasteiger partial charge on any atom is -0.357 e. The Morgan fingerprint density at radius 3 is 3.00 bits per heavy atom. The zero-order chi connectivity index (χ0) is 11.8. The van der Waals surface area contributed by atoms with Gasteiger partial charge in [0.2, 0.25) is 0 Å². The Hall–Kier alpha value is -1.06. The molecule has 0 amide bonds. The molecule has 0 spiro atoms. The van der Waals surface area contributed by atoms with Crippen LogP contribution in [0.3, 0.4) is 0 Å². The van der Waals surface area contributed by atoms with Crippen molar-refractivity contribution >= 4 is 23.3 Å². The van der Waals surface area contributed by atoms with Crippen LogP contribution < -0.4 is 5.32 Å². The summed E-state index contributed by atoms with van der Waals surface area (Å²) in [5.74, 6) is -0.148. The number of fused-ring (bicyclic) bond motifs is 3. The van der Waals surface area contributed by atoms with Gasteiger partial charge in [-0.05, 0) is 43.1 Å². The van der Waals surface area contributed by atoms with Crippen LogP contribution in [0.25, 0.3) is 10.9 Å². The van der Waals surface area contributed by atoms with Crippen LogP contribution in [0.1, 0.15) is 37.1 Å². The molecule has 2 heterocycles. The Morgan fingerprint density at radius 2 is 2.22 bits per heavy atom. The maximum absolute atomic E-state index is 13.3. The standard InChI is InChI=1S/C14H17FN2.ClH/c1-2-3-13-14-10(6-7-16-13)11-8-9(15)4-5-12(11)17-14;/h4-5,8,13,16-17H,2-3,6-7H2,1H3;1H. The summed E-state index contributed by atoms with van der Waals surface area (Å²) in [6.45, 7) is 3.18. The lowest BCUT2D eigenvalue weighted by Gasteiger charge is -2.23. The Labute approximate surface area is 112 Å². The van der Waals surface area contributed by atoms with Crippen molar-refractivity contribution in [2.45, 2.75) is 32.2 Å². The highest BCUT2D eigenvalue weighted by molar-refractivity contribution is 5.85. The van der Waals surface area contributed by atoms with Crippen LogP contribution in [0.2, 0.25) is 0 Å². The third-order valence-corrected chi connectivity index (χ3v) is 3.59. The van der Waals surface area contributed by atoms with Gasteiger partial charge in [0.05, 0.1) is 0 Å². The van der Waals surface area contributed by atoms with Crippen molar-refractivity contribution in [2.75, 3.05) is 6.54 Å². The number of H-pyrrole nitrogens is 1. The molecular weight excluding hydrogens is 251 g/mol. The predicted molar refractivity (Wildman–Crippen MR) is 74.9 cm³/mol. The molecule has 0 bridgehead atoms. The van der Waals surface area contributed by atoms with Crippen molar-refractivity contribution in [2.24, 2.45) is 0 Å². The molecule has 2 N–H and O–H groups in total. The van der Waals surface area contributed by atoms with E-state index in [1.807, 2.05) is 6.07 Å². The molecule has 2 aromatic rings. The minimum absolute atomic E-state index is 0. The molecule has 0 aliphatic carbocycles. The molecular formula is C14H18ClFN2. The second kappa shape index (κ2) is 5.29. The van der Waals surface area contributed by atoms with Gasteiger partial charge in [-0.25, -0.2) is 4.39 Å². The molecule has 1 unspecified atom stereocenters. The zero-order valence-electron chi connectivity index (χ0n) is 10.4. The maximum atomic E-state index is 13.3. The average molecular weight is 269 g/mol. The molecule has 0 saturated heterocycles. The number of aromatic amines is 1. The quantitative estimate of drug-likeness (QED) is 0.854. The monoisotopic (exact) mass is 268 g/mol. The minimum atomic E-state index is -0.148. The van der Waals surface area contributed by atoms with E-state index >= 15 is 0 Å². The van der Waals surface area contributed by atoms with E-state index in [2.05, 4.69) is 17.2 Å². The molecule has 0 saturated carbocycles. The van der Waals surface area contributed by atoms with E-state index in [1.54, 1.807) is 6.07 Å². The van der Waals surface area contributed by atoms with E-state index in [4.69, 9.17) is 0 Å². The molecule has 0 fully saturated rings. The van der Waals surface area contributed by atoms with Crippen LogP contribution in [-0.2, 0) is 6.42 Å². The lowest BCUT2D eigenvalue weighted by atomic mass is 9.97. The molecule has 1 atom stereocenters. The molecule has 4 heteroatoms. The van der Waals surface area contributed by atoms with Gasteiger partial charge in [-0.15, -0.1) is 12.4 Å². The molecule has 1 aromatic heterocycles. The molecule has 2 nitrogen and oxygen atoms in total. The van der Waals surface area contributed by atoms with Crippen LogP contribution in [0.4, 0.5) is 4.39 Å². The topological polar surface area (TPSA) is 27.8 Å². The largest absolute Gasteiger partial charge is 0.357 e. The van der Waals surface area contributed by atoms with Crippen LogP contribution in [0, 0.1) is 5.82 Å². The lowest BCUT2D eigenvalue weighted by molar-refractivity contribution is 0.464. The van der Waals surface area contributed by atoms with Crippen LogP contribution >= 0.6 is 12.4 Å². The third-order valence-electron chi connectivity index (χ3n) is 3.59. The Bertz CT molecular complexity index is 550. The molecule has 1 aliphatic heterocycles. The smallest absolute Gasteiger partial charge is 0.123 e. The number of benzene rings is 1. The number of aromatic nitrogens is 1. The van der Waals surface area contributed by atoms with E-state index < -0.39 is 0 Å².